The maximum absolute atomic E-state index is 12.8. The van der Waals surface area contributed by atoms with Crippen LogP contribution in [0.3, 0.4) is 0 Å². The topological polar surface area (TPSA) is 71.9 Å². The minimum Gasteiger partial charge on any atom is -0.456 e. The van der Waals surface area contributed by atoms with E-state index in [0.29, 0.717) is 22.4 Å². The van der Waals surface area contributed by atoms with Crippen molar-refractivity contribution in [2.75, 3.05) is 12.3 Å². The number of hydrogen-bond acceptors (Lipinski definition) is 5. The maximum Gasteiger partial charge on any atom is 0.418 e. The van der Waals surface area contributed by atoms with E-state index >= 15 is 0 Å². The number of ether oxygens (including phenoxy) is 1. The van der Waals surface area contributed by atoms with Crippen molar-refractivity contribution in [3.63, 3.8) is 0 Å². The minimum atomic E-state index is -4.52. The fraction of sp³-hybridized carbons (Fsp3) is 0.158. The van der Waals surface area contributed by atoms with Gasteiger partial charge in [-0.05, 0) is 29.8 Å². The molecule has 4 rings (SSSR count). The van der Waals surface area contributed by atoms with Gasteiger partial charge in [-0.2, -0.15) is 13.2 Å². The number of fused-ring (bicyclic) bond motifs is 1. The summed E-state index contributed by atoms with van der Waals surface area (Å²) in [7, 11) is -3.57. The fourth-order valence-electron chi connectivity index (χ4n) is 2.95. The second kappa shape index (κ2) is 7.44. The molecule has 1 aromatic carbocycles. The largest absolute Gasteiger partial charge is 0.456 e. The zero-order valence-electron chi connectivity index (χ0n) is 15.1. The monoisotopic (exact) mass is 455 g/mol. The van der Waals surface area contributed by atoms with Crippen LogP contribution < -0.4 is 4.74 Å². The van der Waals surface area contributed by atoms with E-state index in [1.165, 1.54) is 6.20 Å². The van der Waals surface area contributed by atoms with Gasteiger partial charge in [-0.3, -0.25) is 4.98 Å². The van der Waals surface area contributed by atoms with Gasteiger partial charge in [0.1, 0.15) is 11.5 Å². The first kappa shape index (κ1) is 20.4. The van der Waals surface area contributed by atoms with Crippen LogP contribution in [-0.2, 0) is 16.2 Å². The molecule has 0 unspecified atom stereocenters. The van der Waals surface area contributed by atoms with Crippen LogP contribution >= 0.6 is 11.6 Å². The lowest BCUT2D eigenvalue weighted by Crippen LogP contribution is -2.38. The van der Waals surface area contributed by atoms with E-state index in [0.717, 1.165) is 6.07 Å². The molecular weight excluding hydrogens is 443 g/mol. The summed E-state index contributed by atoms with van der Waals surface area (Å²) in [6.45, 7) is 0.235. The average molecular weight is 456 g/mol. The zero-order chi connectivity index (χ0) is 21.5. The molecule has 2 aliphatic heterocycles. The smallest absolute Gasteiger partial charge is 0.418 e. The lowest BCUT2D eigenvalue weighted by atomic mass is 10.0. The summed E-state index contributed by atoms with van der Waals surface area (Å²) in [6, 6.07) is 7.23. The Labute approximate surface area is 175 Å². The fourth-order valence-corrected chi connectivity index (χ4v) is 4.16. The molecule has 3 heterocycles. The Hall–Kier alpha value is -2.85. The van der Waals surface area contributed by atoms with Crippen LogP contribution in [0.5, 0.6) is 11.5 Å². The first-order valence-electron chi connectivity index (χ1n) is 8.60. The molecule has 11 heteroatoms. The number of benzene rings is 1. The number of aromatic nitrogens is 1. The molecule has 2 aromatic rings. The van der Waals surface area contributed by atoms with Crippen molar-refractivity contribution in [2.24, 2.45) is 4.40 Å². The molecule has 0 radical (unpaired) electrons. The molecule has 0 aliphatic carbocycles. The number of hydrogen-bond donors (Lipinski definition) is 0. The van der Waals surface area contributed by atoms with Crippen molar-refractivity contribution < 1.29 is 26.3 Å². The molecule has 0 spiro atoms. The Morgan fingerprint density at radius 2 is 1.83 bits per heavy atom. The van der Waals surface area contributed by atoms with Crippen molar-refractivity contribution in [1.82, 2.24) is 9.88 Å². The molecule has 0 fully saturated rings. The third-order valence-corrected chi connectivity index (χ3v) is 5.69. The number of amidine groups is 1. The molecule has 0 bridgehead atoms. The second-order valence-corrected chi connectivity index (χ2v) is 8.69. The van der Waals surface area contributed by atoms with E-state index in [1.807, 2.05) is 0 Å². The van der Waals surface area contributed by atoms with E-state index in [9.17, 15) is 21.6 Å². The average Bonchev–Trinajstić information content (AvgIpc) is 2.68. The number of pyridine rings is 1. The predicted molar refractivity (Wildman–Crippen MR) is 106 cm³/mol. The van der Waals surface area contributed by atoms with E-state index in [1.54, 1.807) is 41.4 Å². The van der Waals surface area contributed by atoms with Gasteiger partial charge in [-0.1, -0.05) is 23.7 Å². The molecular formula is C19H13ClF3N3O3S. The quantitative estimate of drug-likeness (QED) is 0.685. The van der Waals surface area contributed by atoms with Crippen LogP contribution in [0.25, 0.3) is 5.57 Å². The highest BCUT2D eigenvalue weighted by Crippen LogP contribution is 2.33. The molecule has 0 saturated carbocycles. The summed E-state index contributed by atoms with van der Waals surface area (Å²) < 4.78 is 71.6. The Kier molecular flexibility index (Phi) is 5.07. The van der Waals surface area contributed by atoms with Crippen LogP contribution in [0.2, 0.25) is 0 Å². The lowest BCUT2D eigenvalue weighted by Gasteiger charge is -2.30. The van der Waals surface area contributed by atoms with E-state index in [-0.39, 0.29) is 29.6 Å². The summed E-state index contributed by atoms with van der Waals surface area (Å²) in [5.41, 5.74) is 0.219. The number of halogens is 4. The SMILES string of the molecule is O=S1(=O)CCN2C=C(Cl)C=C(c3ccc(Oc4cncc(C(F)(F)F)c4)cc3)C2=N1. The first-order valence-corrected chi connectivity index (χ1v) is 10.6. The predicted octanol–water partition coefficient (Wildman–Crippen LogP) is 4.41. The van der Waals surface area contributed by atoms with E-state index in [2.05, 4.69) is 9.38 Å². The van der Waals surface area contributed by atoms with Gasteiger partial charge in [0.25, 0.3) is 10.0 Å². The number of rotatable bonds is 3. The third-order valence-electron chi connectivity index (χ3n) is 4.33. The summed E-state index contributed by atoms with van der Waals surface area (Å²) >= 11 is 6.16. The Balaban J connectivity index is 1.61. The van der Waals surface area contributed by atoms with Crippen LogP contribution in [0.15, 0.2) is 64.4 Å². The van der Waals surface area contributed by atoms with Gasteiger partial charge in [0.15, 0.2) is 5.84 Å². The highest BCUT2D eigenvalue weighted by Gasteiger charge is 2.31. The second-order valence-electron chi connectivity index (χ2n) is 6.50. The van der Waals surface area contributed by atoms with Crippen molar-refractivity contribution in [3.8, 4) is 11.5 Å². The van der Waals surface area contributed by atoms with Gasteiger partial charge in [0, 0.05) is 24.5 Å². The van der Waals surface area contributed by atoms with Gasteiger partial charge in [-0.15, -0.1) is 4.40 Å². The van der Waals surface area contributed by atoms with Gasteiger partial charge >= 0.3 is 6.18 Å². The normalized spacial score (nSPS) is 18.1. The van der Waals surface area contributed by atoms with Crippen LogP contribution in [0.1, 0.15) is 11.1 Å². The summed E-state index contributed by atoms with van der Waals surface area (Å²) in [5, 5.41) is 0.415. The van der Waals surface area contributed by atoms with Crippen molar-refractivity contribution in [2.45, 2.75) is 6.18 Å². The molecule has 2 aliphatic rings. The molecule has 0 atom stereocenters. The lowest BCUT2D eigenvalue weighted by molar-refractivity contribution is -0.137. The van der Waals surface area contributed by atoms with E-state index < -0.39 is 21.8 Å². The highest BCUT2D eigenvalue weighted by molar-refractivity contribution is 7.90. The van der Waals surface area contributed by atoms with E-state index in [4.69, 9.17) is 16.3 Å². The van der Waals surface area contributed by atoms with Gasteiger partial charge < -0.3 is 9.64 Å². The number of nitrogens with zero attached hydrogens (tertiary/aromatic N) is 3. The van der Waals surface area contributed by atoms with Crippen molar-refractivity contribution >= 4 is 33.0 Å². The molecule has 0 N–H and O–H groups in total. The highest BCUT2D eigenvalue weighted by atomic mass is 35.5. The molecule has 0 saturated heterocycles. The molecule has 6 nitrogen and oxygen atoms in total. The first-order chi connectivity index (χ1) is 14.1. The maximum atomic E-state index is 12.8. The van der Waals surface area contributed by atoms with Crippen LogP contribution in [0, 0.1) is 0 Å². The number of allylic oxidation sites excluding steroid dienone is 2. The Morgan fingerprint density at radius 1 is 1.10 bits per heavy atom. The van der Waals surface area contributed by atoms with Gasteiger partial charge in [0.2, 0.25) is 0 Å². The standard InChI is InChI=1S/C19H13ClF3N3O3S/c20-14-8-17(18-25-30(27,28)6-5-26(18)11-14)12-1-3-15(4-2-12)29-16-7-13(9-24-10-16)19(21,22)23/h1-4,7-11H,5-6H2. The van der Waals surface area contributed by atoms with Crippen molar-refractivity contribution in [3.05, 3.63) is 71.2 Å². The third kappa shape index (κ3) is 4.34. The summed E-state index contributed by atoms with van der Waals surface area (Å²) in [6.07, 6.45) is 0.578. The number of sulfonamides is 1. The zero-order valence-corrected chi connectivity index (χ0v) is 16.7. The Bertz CT molecular complexity index is 1190. The van der Waals surface area contributed by atoms with Crippen LogP contribution in [-0.4, -0.2) is 36.4 Å². The number of alkyl halides is 3. The molecule has 156 valence electrons. The van der Waals surface area contributed by atoms with Gasteiger partial charge in [-0.25, -0.2) is 8.42 Å². The van der Waals surface area contributed by atoms with Gasteiger partial charge in [0.05, 0.1) is 22.5 Å². The minimum absolute atomic E-state index is 0.0608. The molecule has 1 aromatic heterocycles. The van der Waals surface area contributed by atoms with Crippen LogP contribution in [0.4, 0.5) is 13.2 Å². The summed E-state index contributed by atoms with van der Waals surface area (Å²) in [4.78, 5) is 5.22. The molecule has 0 amide bonds. The summed E-state index contributed by atoms with van der Waals surface area (Å²) in [5.74, 6) is 0.381. The molecule has 30 heavy (non-hydrogen) atoms. The Morgan fingerprint density at radius 3 is 2.53 bits per heavy atom. The van der Waals surface area contributed by atoms with Crippen molar-refractivity contribution in [1.29, 1.82) is 0 Å².